The van der Waals surface area contributed by atoms with Gasteiger partial charge in [0.15, 0.2) is 0 Å². The standard InChI is InChI=1S/C18H22FNO/c1-4-11-20-18(14-7-5-13(2)6-8-14)16-12-15(19)9-10-17(16)21-3/h5-10,12,18,20H,4,11H2,1-3H3. The van der Waals surface area contributed by atoms with Gasteiger partial charge < -0.3 is 10.1 Å². The van der Waals surface area contributed by atoms with E-state index >= 15 is 0 Å². The van der Waals surface area contributed by atoms with E-state index in [1.165, 1.54) is 11.6 Å². The third-order valence-corrected chi connectivity index (χ3v) is 3.51. The average Bonchev–Trinajstić information content (AvgIpc) is 2.49. The fourth-order valence-corrected chi connectivity index (χ4v) is 2.39. The van der Waals surface area contributed by atoms with E-state index in [0.717, 1.165) is 24.1 Å². The number of nitrogens with one attached hydrogen (secondary N) is 1. The normalized spacial score (nSPS) is 12.2. The second-order valence-corrected chi connectivity index (χ2v) is 5.18. The zero-order valence-corrected chi connectivity index (χ0v) is 12.8. The number of rotatable bonds is 6. The first kappa shape index (κ1) is 15.5. The molecule has 0 aliphatic rings. The van der Waals surface area contributed by atoms with Gasteiger partial charge in [-0.3, -0.25) is 0 Å². The number of aryl methyl sites for hydroxylation is 1. The minimum Gasteiger partial charge on any atom is -0.496 e. The summed E-state index contributed by atoms with van der Waals surface area (Å²) in [6.07, 6.45) is 1.01. The van der Waals surface area contributed by atoms with Crippen molar-refractivity contribution in [1.82, 2.24) is 5.32 Å². The second-order valence-electron chi connectivity index (χ2n) is 5.18. The van der Waals surface area contributed by atoms with Gasteiger partial charge in [0.2, 0.25) is 0 Å². The molecule has 2 rings (SSSR count). The van der Waals surface area contributed by atoms with Crippen molar-refractivity contribution in [2.75, 3.05) is 13.7 Å². The van der Waals surface area contributed by atoms with Crippen LogP contribution in [0.1, 0.15) is 36.1 Å². The maximum Gasteiger partial charge on any atom is 0.124 e. The Bertz CT molecular complexity index is 580. The number of hydrogen-bond donors (Lipinski definition) is 1. The Morgan fingerprint density at radius 2 is 1.86 bits per heavy atom. The highest BCUT2D eigenvalue weighted by molar-refractivity contribution is 5.42. The van der Waals surface area contributed by atoms with Crippen molar-refractivity contribution in [1.29, 1.82) is 0 Å². The lowest BCUT2D eigenvalue weighted by molar-refractivity contribution is 0.402. The van der Waals surface area contributed by atoms with Crippen LogP contribution in [0.5, 0.6) is 5.75 Å². The number of hydrogen-bond acceptors (Lipinski definition) is 2. The Balaban J connectivity index is 2.44. The molecule has 0 amide bonds. The van der Waals surface area contributed by atoms with Crippen LogP contribution in [-0.4, -0.2) is 13.7 Å². The molecule has 0 radical (unpaired) electrons. The highest BCUT2D eigenvalue weighted by atomic mass is 19.1. The van der Waals surface area contributed by atoms with Gasteiger partial charge in [-0.1, -0.05) is 36.8 Å². The van der Waals surface area contributed by atoms with Gasteiger partial charge in [-0.05, 0) is 43.7 Å². The predicted octanol–water partition coefficient (Wildman–Crippen LogP) is 4.23. The molecule has 112 valence electrons. The SMILES string of the molecule is CCCNC(c1ccc(C)cc1)c1cc(F)ccc1OC. The van der Waals surface area contributed by atoms with Gasteiger partial charge in [-0.2, -0.15) is 0 Å². The minimum atomic E-state index is -0.249. The smallest absolute Gasteiger partial charge is 0.124 e. The summed E-state index contributed by atoms with van der Waals surface area (Å²) in [5.41, 5.74) is 3.15. The van der Waals surface area contributed by atoms with Crippen molar-refractivity contribution in [3.63, 3.8) is 0 Å². The maximum atomic E-state index is 13.7. The average molecular weight is 287 g/mol. The van der Waals surface area contributed by atoms with E-state index in [-0.39, 0.29) is 11.9 Å². The van der Waals surface area contributed by atoms with E-state index in [4.69, 9.17) is 4.74 Å². The molecular weight excluding hydrogens is 265 g/mol. The topological polar surface area (TPSA) is 21.3 Å². The van der Waals surface area contributed by atoms with Gasteiger partial charge in [-0.25, -0.2) is 4.39 Å². The van der Waals surface area contributed by atoms with Crippen molar-refractivity contribution in [2.24, 2.45) is 0 Å². The summed E-state index contributed by atoms with van der Waals surface area (Å²) in [7, 11) is 1.61. The fraction of sp³-hybridized carbons (Fsp3) is 0.333. The minimum absolute atomic E-state index is 0.0730. The Morgan fingerprint density at radius 1 is 1.14 bits per heavy atom. The van der Waals surface area contributed by atoms with E-state index < -0.39 is 0 Å². The Morgan fingerprint density at radius 3 is 2.48 bits per heavy atom. The van der Waals surface area contributed by atoms with E-state index in [1.54, 1.807) is 19.2 Å². The van der Waals surface area contributed by atoms with Crippen molar-refractivity contribution >= 4 is 0 Å². The van der Waals surface area contributed by atoms with Crippen molar-refractivity contribution in [3.8, 4) is 5.75 Å². The summed E-state index contributed by atoms with van der Waals surface area (Å²) in [4.78, 5) is 0. The monoisotopic (exact) mass is 287 g/mol. The molecule has 3 heteroatoms. The van der Waals surface area contributed by atoms with Crippen LogP contribution in [0.15, 0.2) is 42.5 Å². The summed E-state index contributed by atoms with van der Waals surface area (Å²) in [5.74, 6) is 0.451. The van der Waals surface area contributed by atoms with Crippen LogP contribution in [0.2, 0.25) is 0 Å². The number of halogens is 1. The molecule has 21 heavy (non-hydrogen) atoms. The Hall–Kier alpha value is -1.87. The summed E-state index contributed by atoms with van der Waals surface area (Å²) >= 11 is 0. The van der Waals surface area contributed by atoms with Crippen molar-refractivity contribution in [3.05, 3.63) is 65.0 Å². The van der Waals surface area contributed by atoms with E-state index in [2.05, 4.69) is 43.4 Å². The molecule has 0 bridgehead atoms. The first-order valence-corrected chi connectivity index (χ1v) is 7.29. The molecule has 0 aliphatic heterocycles. The van der Waals surface area contributed by atoms with Gasteiger partial charge in [0.1, 0.15) is 11.6 Å². The van der Waals surface area contributed by atoms with Crippen LogP contribution in [-0.2, 0) is 0 Å². The highest BCUT2D eigenvalue weighted by Gasteiger charge is 2.18. The summed E-state index contributed by atoms with van der Waals surface area (Å²) in [5, 5.41) is 3.48. The molecule has 0 fully saturated rings. The van der Waals surface area contributed by atoms with Gasteiger partial charge >= 0.3 is 0 Å². The molecule has 0 saturated heterocycles. The maximum absolute atomic E-state index is 13.7. The molecule has 2 nitrogen and oxygen atoms in total. The molecule has 0 heterocycles. The van der Waals surface area contributed by atoms with Gasteiger partial charge in [0.05, 0.1) is 13.2 Å². The first-order valence-electron chi connectivity index (χ1n) is 7.29. The van der Waals surface area contributed by atoms with Crippen molar-refractivity contribution < 1.29 is 9.13 Å². The van der Waals surface area contributed by atoms with Crippen molar-refractivity contribution in [2.45, 2.75) is 26.3 Å². The van der Waals surface area contributed by atoms with Crippen LogP contribution in [0.25, 0.3) is 0 Å². The number of ether oxygens (including phenoxy) is 1. The van der Waals surface area contributed by atoms with Crippen LogP contribution in [0, 0.1) is 12.7 Å². The lowest BCUT2D eigenvalue weighted by atomic mass is 9.96. The summed E-state index contributed by atoms with van der Waals surface area (Å²) in [6.45, 7) is 5.03. The van der Waals surface area contributed by atoms with E-state index in [9.17, 15) is 4.39 Å². The largest absolute Gasteiger partial charge is 0.496 e. The van der Waals surface area contributed by atoms with Crippen LogP contribution in [0.4, 0.5) is 4.39 Å². The lowest BCUT2D eigenvalue weighted by Gasteiger charge is -2.22. The summed E-state index contributed by atoms with van der Waals surface area (Å²) in [6, 6.07) is 12.9. The molecule has 2 aromatic rings. The third kappa shape index (κ3) is 3.82. The quantitative estimate of drug-likeness (QED) is 0.858. The highest BCUT2D eigenvalue weighted by Crippen LogP contribution is 2.31. The zero-order valence-electron chi connectivity index (χ0n) is 12.8. The second kappa shape index (κ2) is 7.23. The lowest BCUT2D eigenvalue weighted by Crippen LogP contribution is -2.23. The zero-order chi connectivity index (χ0) is 15.2. The molecule has 0 aromatic heterocycles. The molecule has 0 saturated carbocycles. The molecule has 0 spiro atoms. The first-order chi connectivity index (χ1) is 10.2. The molecular formula is C18H22FNO. The van der Waals surface area contributed by atoms with Gasteiger partial charge in [0, 0.05) is 5.56 Å². The Labute approximate surface area is 126 Å². The van der Waals surface area contributed by atoms with Crippen LogP contribution in [0.3, 0.4) is 0 Å². The van der Waals surface area contributed by atoms with Crippen LogP contribution < -0.4 is 10.1 Å². The van der Waals surface area contributed by atoms with E-state index in [1.807, 2.05) is 0 Å². The fourth-order valence-electron chi connectivity index (χ4n) is 2.39. The number of benzene rings is 2. The van der Waals surface area contributed by atoms with Gasteiger partial charge in [0.25, 0.3) is 0 Å². The molecule has 1 N–H and O–H groups in total. The van der Waals surface area contributed by atoms with E-state index in [0.29, 0.717) is 5.75 Å². The molecule has 1 atom stereocenters. The molecule has 1 unspecified atom stereocenters. The number of methoxy groups -OCH3 is 1. The summed E-state index contributed by atoms with van der Waals surface area (Å²) < 4.78 is 19.1. The molecule has 2 aromatic carbocycles. The van der Waals surface area contributed by atoms with Gasteiger partial charge in [-0.15, -0.1) is 0 Å². The molecule has 0 aliphatic carbocycles. The van der Waals surface area contributed by atoms with Crippen LogP contribution >= 0.6 is 0 Å². The third-order valence-electron chi connectivity index (χ3n) is 3.51. The predicted molar refractivity (Wildman–Crippen MR) is 84.3 cm³/mol. The Kier molecular flexibility index (Phi) is 5.34.